The fraction of sp³-hybridized carbons (Fsp3) is 0.417. The van der Waals surface area contributed by atoms with Gasteiger partial charge in [0, 0.05) is 18.1 Å². The van der Waals surface area contributed by atoms with Crippen molar-refractivity contribution in [2.75, 3.05) is 18.5 Å². The van der Waals surface area contributed by atoms with Gasteiger partial charge in [0.2, 0.25) is 0 Å². The van der Waals surface area contributed by atoms with Crippen LogP contribution >= 0.6 is 15.9 Å². The summed E-state index contributed by atoms with van der Waals surface area (Å²) in [6, 6.07) is 8.01. The number of benzene rings is 1. The summed E-state index contributed by atoms with van der Waals surface area (Å²) < 4.78 is 0.945. The van der Waals surface area contributed by atoms with Crippen LogP contribution in [0.1, 0.15) is 19.4 Å². The summed E-state index contributed by atoms with van der Waals surface area (Å²) in [4.78, 5) is 2.12. The van der Waals surface area contributed by atoms with Gasteiger partial charge in [-0.3, -0.25) is 0 Å². The molecule has 0 radical (unpaired) electrons. The van der Waals surface area contributed by atoms with E-state index in [1.807, 2.05) is 25.2 Å². The van der Waals surface area contributed by atoms with Gasteiger partial charge in [-0.1, -0.05) is 29.8 Å². The summed E-state index contributed by atoms with van der Waals surface area (Å²) in [6.45, 7) is 5.29. The van der Waals surface area contributed by atoms with Gasteiger partial charge in [0.15, 0.2) is 0 Å². The van der Waals surface area contributed by atoms with Crippen LogP contribution in [-0.2, 0) is 0 Å². The molecule has 0 bridgehead atoms. The van der Waals surface area contributed by atoms with Gasteiger partial charge in [-0.25, -0.2) is 0 Å². The lowest BCUT2D eigenvalue weighted by atomic mass is 10.1. The van der Waals surface area contributed by atoms with E-state index in [1.165, 1.54) is 0 Å². The second-order valence-electron chi connectivity index (χ2n) is 4.05. The van der Waals surface area contributed by atoms with E-state index in [1.54, 1.807) is 0 Å². The maximum Gasteiger partial charge on any atom is 0.101 e. The van der Waals surface area contributed by atoms with Crippen LogP contribution in [0, 0.1) is 17.2 Å². The van der Waals surface area contributed by atoms with Crippen molar-refractivity contribution in [1.29, 1.82) is 5.26 Å². The number of nitrogens with zero attached hydrogens (tertiary/aromatic N) is 2. The van der Waals surface area contributed by atoms with Gasteiger partial charge >= 0.3 is 0 Å². The second kappa shape index (κ2) is 5.18. The van der Waals surface area contributed by atoms with Crippen molar-refractivity contribution >= 4 is 21.6 Å². The Morgan fingerprint density at radius 1 is 1.47 bits per heavy atom. The van der Waals surface area contributed by atoms with Crippen LogP contribution in [-0.4, -0.2) is 13.6 Å². The molecule has 0 atom stereocenters. The molecule has 80 valence electrons. The van der Waals surface area contributed by atoms with Crippen molar-refractivity contribution in [2.24, 2.45) is 5.92 Å². The maximum absolute atomic E-state index is 9.03. The smallest absolute Gasteiger partial charge is 0.101 e. The fourth-order valence-corrected chi connectivity index (χ4v) is 1.94. The monoisotopic (exact) mass is 266 g/mol. The topological polar surface area (TPSA) is 27.0 Å². The second-order valence-corrected chi connectivity index (χ2v) is 4.96. The van der Waals surface area contributed by atoms with Gasteiger partial charge in [0.05, 0.1) is 11.3 Å². The van der Waals surface area contributed by atoms with E-state index >= 15 is 0 Å². The molecule has 0 unspecified atom stereocenters. The summed E-state index contributed by atoms with van der Waals surface area (Å²) >= 11 is 3.37. The highest BCUT2D eigenvalue weighted by Crippen LogP contribution is 2.23. The van der Waals surface area contributed by atoms with E-state index in [-0.39, 0.29) is 0 Å². The number of halogens is 1. The Morgan fingerprint density at radius 2 is 2.13 bits per heavy atom. The van der Waals surface area contributed by atoms with Crippen LogP contribution in [0.2, 0.25) is 0 Å². The predicted molar refractivity (Wildman–Crippen MR) is 67.0 cm³/mol. The van der Waals surface area contributed by atoms with Crippen LogP contribution in [0.5, 0.6) is 0 Å². The maximum atomic E-state index is 9.03. The lowest BCUT2D eigenvalue weighted by Crippen LogP contribution is -2.23. The van der Waals surface area contributed by atoms with E-state index in [0.717, 1.165) is 16.7 Å². The first-order valence-electron chi connectivity index (χ1n) is 4.95. The molecule has 0 saturated heterocycles. The standard InChI is InChI=1S/C12H15BrN2/c1-9(2)8-15(3)12-5-4-11(13)6-10(12)7-14/h4-6,9H,8H2,1-3H3. The lowest BCUT2D eigenvalue weighted by Gasteiger charge is -2.22. The molecule has 0 aromatic heterocycles. The molecule has 1 aromatic carbocycles. The van der Waals surface area contributed by atoms with Crippen molar-refractivity contribution in [3.63, 3.8) is 0 Å². The molecule has 0 amide bonds. The van der Waals surface area contributed by atoms with Crippen LogP contribution in [0.3, 0.4) is 0 Å². The molecule has 0 aliphatic heterocycles. The van der Waals surface area contributed by atoms with E-state index in [9.17, 15) is 0 Å². The van der Waals surface area contributed by atoms with Crippen molar-refractivity contribution in [3.8, 4) is 6.07 Å². The van der Waals surface area contributed by atoms with Crippen molar-refractivity contribution in [1.82, 2.24) is 0 Å². The highest BCUT2D eigenvalue weighted by atomic mass is 79.9. The Labute approximate surface area is 99.6 Å². The van der Waals surface area contributed by atoms with Crippen LogP contribution in [0.25, 0.3) is 0 Å². The third kappa shape index (κ3) is 3.24. The average molecular weight is 267 g/mol. The van der Waals surface area contributed by atoms with Crippen molar-refractivity contribution in [3.05, 3.63) is 28.2 Å². The Kier molecular flexibility index (Phi) is 4.16. The van der Waals surface area contributed by atoms with E-state index in [4.69, 9.17) is 5.26 Å². The molecule has 2 nitrogen and oxygen atoms in total. The zero-order valence-corrected chi connectivity index (χ0v) is 10.9. The third-order valence-electron chi connectivity index (χ3n) is 2.13. The van der Waals surface area contributed by atoms with Gasteiger partial charge in [0.25, 0.3) is 0 Å². The van der Waals surface area contributed by atoms with E-state index in [2.05, 4.69) is 40.7 Å². The normalized spacial score (nSPS) is 10.1. The first kappa shape index (κ1) is 12.1. The molecule has 0 aliphatic carbocycles. The molecule has 0 spiro atoms. The third-order valence-corrected chi connectivity index (χ3v) is 2.62. The number of rotatable bonds is 3. The number of hydrogen-bond donors (Lipinski definition) is 0. The Bertz CT molecular complexity index is 380. The highest BCUT2D eigenvalue weighted by Gasteiger charge is 2.08. The summed E-state index contributed by atoms with van der Waals surface area (Å²) in [7, 11) is 2.02. The predicted octanol–water partition coefficient (Wildman–Crippen LogP) is 3.41. The summed E-state index contributed by atoms with van der Waals surface area (Å²) in [5.41, 5.74) is 1.71. The molecular formula is C12H15BrN2. The summed E-state index contributed by atoms with van der Waals surface area (Å²) in [5, 5.41) is 9.03. The largest absolute Gasteiger partial charge is 0.373 e. The number of nitriles is 1. The molecule has 0 heterocycles. The Morgan fingerprint density at radius 3 is 2.67 bits per heavy atom. The minimum Gasteiger partial charge on any atom is -0.373 e. The quantitative estimate of drug-likeness (QED) is 0.839. The van der Waals surface area contributed by atoms with Crippen LogP contribution in [0.4, 0.5) is 5.69 Å². The fourth-order valence-electron chi connectivity index (χ4n) is 1.58. The molecule has 0 aliphatic rings. The SMILES string of the molecule is CC(C)CN(C)c1ccc(Br)cc1C#N. The average Bonchev–Trinajstić information content (AvgIpc) is 2.16. The first-order valence-corrected chi connectivity index (χ1v) is 5.74. The highest BCUT2D eigenvalue weighted by molar-refractivity contribution is 9.10. The summed E-state index contributed by atoms with van der Waals surface area (Å²) in [6.07, 6.45) is 0. The van der Waals surface area contributed by atoms with Gasteiger partial charge in [0.1, 0.15) is 6.07 Å². The van der Waals surface area contributed by atoms with Crippen molar-refractivity contribution in [2.45, 2.75) is 13.8 Å². The van der Waals surface area contributed by atoms with E-state index < -0.39 is 0 Å². The number of anilines is 1. The van der Waals surface area contributed by atoms with Crippen molar-refractivity contribution < 1.29 is 0 Å². The van der Waals surface area contributed by atoms with Gasteiger partial charge in [-0.15, -0.1) is 0 Å². The van der Waals surface area contributed by atoms with E-state index in [0.29, 0.717) is 11.5 Å². The summed E-state index contributed by atoms with van der Waals surface area (Å²) in [5.74, 6) is 0.588. The van der Waals surface area contributed by atoms with Crippen LogP contribution < -0.4 is 4.90 Å². The number of hydrogen-bond acceptors (Lipinski definition) is 2. The van der Waals surface area contributed by atoms with Gasteiger partial charge in [-0.05, 0) is 24.1 Å². The molecule has 15 heavy (non-hydrogen) atoms. The lowest BCUT2D eigenvalue weighted by molar-refractivity contribution is 0.638. The molecule has 1 aromatic rings. The minimum atomic E-state index is 0.588. The first-order chi connectivity index (χ1) is 7.04. The molecule has 0 N–H and O–H groups in total. The Balaban J connectivity index is 2.99. The molecule has 1 rings (SSSR count). The minimum absolute atomic E-state index is 0.588. The Hall–Kier alpha value is -1.01. The van der Waals surface area contributed by atoms with Crippen LogP contribution in [0.15, 0.2) is 22.7 Å². The zero-order chi connectivity index (χ0) is 11.4. The zero-order valence-electron chi connectivity index (χ0n) is 9.29. The molecule has 0 saturated carbocycles. The molecule has 0 fully saturated rings. The molecule has 3 heteroatoms. The van der Waals surface area contributed by atoms with Gasteiger partial charge < -0.3 is 4.90 Å². The molecular weight excluding hydrogens is 252 g/mol. The van der Waals surface area contributed by atoms with Gasteiger partial charge in [-0.2, -0.15) is 5.26 Å².